The second-order valence-corrected chi connectivity index (χ2v) is 8.92. The molecule has 2 amide bonds. The van der Waals surface area contributed by atoms with E-state index in [4.69, 9.17) is 11.6 Å². The Kier molecular flexibility index (Phi) is 7.23. The molecule has 2 aliphatic heterocycles. The van der Waals surface area contributed by atoms with Crippen molar-refractivity contribution in [3.8, 4) is 0 Å². The molecule has 0 unspecified atom stereocenters. The molecule has 0 radical (unpaired) electrons. The molecule has 1 saturated heterocycles. The van der Waals surface area contributed by atoms with Crippen molar-refractivity contribution >= 4 is 52.3 Å². The van der Waals surface area contributed by atoms with E-state index in [1.54, 1.807) is 0 Å². The molecule has 5 nitrogen and oxygen atoms in total. The van der Waals surface area contributed by atoms with Crippen molar-refractivity contribution in [3.63, 3.8) is 0 Å². The maximum Gasteiger partial charge on any atom is 0.261 e. The number of hydrogen-bond donors (Lipinski definition) is 0. The van der Waals surface area contributed by atoms with Crippen molar-refractivity contribution in [2.24, 2.45) is 0 Å². The average Bonchev–Trinajstić information content (AvgIpc) is 2.82. The molecule has 0 aliphatic carbocycles. The van der Waals surface area contributed by atoms with Gasteiger partial charge in [-0.2, -0.15) is 0 Å². The van der Waals surface area contributed by atoms with Gasteiger partial charge in [0.15, 0.2) is 0 Å². The summed E-state index contributed by atoms with van der Waals surface area (Å²) in [6.07, 6.45) is 1.77. The summed E-state index contributed by atoms with van der Waals surface area (Å²) in [4.78, 5) is 32.2. The first kappa shape index (κ1) is 23.6. The van der Waals surface area contributed by atoms with Crippen molar-refractivity contribution in [2.45, 2.75) is 12.8 Å². The summed E-state index contributed by atoms with van der Waals surface area (Å²) in [6, 6.07) is 19.3. The zero-order chi connectivity index (χ0) is 22.1. The molecular formula is C26H27Cl2N3O2. The minimum absolute atomic E-state index is 0. The number of unbranched alkanes of at least 4 members (excludes halogenated alkanes) is 1. The molecule has 2 aliphatic rings. The van der Waals surface area contributed by atoms with Crippen LogP contribution in [0.1, 0.15) is 33.6 Å². The van der Waals surface area contributed by atoms with E-state index in [0.29, 0.717) is 17.7 Å². The summed E-state index contributed by atoms with van der Waals surface area (Å²) in [5.41, 5.74) is 2.44. The molecule has 0 spiro atoms. The van der Waals surface area contributed by atoms with Crippen LogP contribution in [0.4, 0.5) is 5.69 Å². The molecule has 172 valence electrons. The Hall–Kier alpha value is -2.60. The summed E-state index contributed by atoms with van der Waals surface area (Å²) in [5, 5.41) is 2.50. The monoisotopic (exact) mass is 483 g/mol. The smallest absolute Gasteiger partial charge is 0.261 e. The topological polar surface area (TPSA) is 43.9 Å². The summed E-state index contributed by atoms with van der Waals surface area (Å²) in [7, 11) is 0. The van der Waals surface area contributed by atoms with E-state index < -0.39 is 0 Å². The first-order valence-corrected chi connectivity index (χ1v) is 11.6. The SMILES string of the molecule is Cl.O=C1c2cccc3cccc(c23)C(=O)N1CCCCN1CCN(c2cccc(Cl)c2)CC1. The minimum Gasteiger partial charge on any atom is -0.369 e. The van der Waals surface area contributed by atoms with Crippen molar-refractivity contribution in [1.82, 2.24) is 9.80 Å². The second-order valence-electron chi connectivity index (χ2n) is 8.49. The Balaban J connectivity index is 0.00000259. The van der Waals surface area contributed by atoms with E-state index in [1.807, 2.05) is 54.6 Å². The van der Waals surface area contributed by atoms with Crippen molar-refractivity contribution < 1.29 is 9.59 Å². The van der Waals surface area contributed by atoms with Gasteiger partial charge in [0.05, 0.1) is 0 Å². The Bertz CT molecular complexity index is 1120. The Morgan fingerprint density at radius 3 is 2.00 bits per heavy atom. The predicted octanol–water partition coefficient (Wildman–Crippen LogP) is 5.11. The highest BCUT2D eigenvalue weighted by Gasteiger charge is 2.32. The van der Waals surface area contributed by atoms with E-state index in [9.17, 15) is 9.59 Å². The molecular weight excluding hydrogens is 457 g/mol. The zero-order valence-electron chi connectivity index (χ0n) is 18.4. The molecule has 0 atom stereocenters. The number of halogens is 2. The van der Waals surface area contributed by atoms with Crippen molar-refractivity contribution in [2.75, 3.05) is 44.2 Å². The first-order valence-electron chi connectivity index (χ1n) is 11.2. The van der Waals surface area contributed by atoms with Gasteiger partial charge in [0.25, 0.3) is 11.8 Å². The highest BCUT2D eigenvalue weighted by atomic mass is 35.5. The molecule has 0 saturated carbocycles. The van der Waals surface area contributed by atoms with Crippen LogP contribution in [0.15, 0.2) is 60.7 Å². The summed E-state index contributed by atoms with van der Waals surface area (Å²) < 4.78 is 0. The minimum atomic E-state index is -0.172. The molecule has 5 rings (SSSR count). The molecule has 0 N–H and O–H groups in total. The zero-order valence-corrected chi connectivity index (χ0v) is 19.9. The number of imide groups is 1. The van der Waals surface area contributed by atoms with Gasteiger partial charge in [-0.15, -0.1) is 12.4 Å². The number of piperazine rings is 1. The lowest BCUT2D eigenvalue weighted by molar-refractivity contribution is 0.0606. The highest BCUT2D eigenvalue weighted by Crippen LogP contribution is 2.30. The van der Waals surface area contributed by atoms with Crippen LogP contribution < -0.4 is 4.90 Å². The van der Waals surface area contributed by atoms with Gasteiger partial charge in [-0.05, 0) is 55.1 Å². The van der Waals surface area contributed by atoms with Crippen LogP contribution in [0.5, 0.6) is 0 Å². The van der Waals surface area contributed by atoms with Crippen LogP contribution in [0.3, 0.4) is 0 Å². The number of carbonyl (C=O) groups excluding carboxylic acids is 2. The molecule has 3 aromatic carbocycles. The number of amides is 2. The van der Waals surface area contributed by atoms with Crippen LogP contribution in [0.2, 0.25) is 5.02 Å². The van der Waals surface area contributed by atoms with Gasteiger partial charge in [-0.25, -0.2) is 0 Å². The Morgan fingerprint density at radius 2 is 1.36 bits per heavy atom. The van der Waals surface area contributed by atoms with E-state index in [0.717, 1.165) is 61.4 Å². The van der Waals surface area contributed by atoms with Crippen LogP contribution in [-0.2, 0) is 0 Å². The van der Waals surface area contributed by atoms with Gasteiger partial charge in [0.2, 0.25) is 0 Å². The Morgan fingerprint density at radius 1 is 0.758 bits per heavy atom. The van der Waals surface area contributed by atoms with Gasteiger partial charge >= 0.3 is 0 Å². The maximum absolute atomic E-state index is 13.0. The van der Waals surface area contributed by atoms with Gasteiger partial charge in [0.1, 0.15) is 0 Å². The molecule has 0 aromatic heterocycles. The third-order valence-corrected chi connectivity index (χ3v) is 6.74. The summed E-state index contributed by atoms with van der Waals surface area (Å²) >= 11 is 6.12. The molecule has 0 bridgehead atoms. The first-order chi connectivity index (χ1) is 15.6. The van der Waals surface area contributed by atoms with E-state index in [1.165, 1.54) is 10.6 Å². The van der Waals surface area contributed by atoms with Gasteiger partial charge < -0.3 is 4.90 Å². The van der Waals surface area contributed by atoms with Gasteiger partial charge in [0, 0.05) is 59.9 Å². The largest absolute Gasteiger partial charge is 0.369 e. The third kappa shape index (κ3) is 4.72. The molecule has 33 heavy (non-hydrogen) atoms. The number of rotatable bonds is 6. The molecule has 3 aromatic rings. The predicted molar refractivity (Wildman–Crippen MR) is 136 cm³/mol. The van der Waals surface area contributed by atoms with E-state index >= 15 is 0 Å². The normalized spacial score (nSPS) is 16.3. The fraction of sp³-hybridized carbons (Fsp3) is 0.308. The van der Waals surface area contributed by atoms with Crippen molar-refractivity contribution in [3.05, 3.63) is 76.8 Å². The average molecular weight is 484 g/mol. The molecule has 7 heteroatoms. The fourth-order valence-corrected chi connectivity index (χ4v) is 4.98. The molecule has 2 heterocycles. The second kappa shape index (κ2) is 10.1. The van der Waals surface area contributed by atoms with E-state index in [2.05, 4.69) is 15.9 Å². The number of hydrogen-bond acceptors (Lipinski definition) is 4. The van der Waals surface area contributed by atoms with Crippen molar-refractivity contribution in [1.29, 1.82) is 0 Å². The van der Waals surface area contributed by atoms with E-state index in [-0.39, 0.29) is 24.2 Å². The van der Waals surface area contributed by atoms with Crippen LogP contribution >= 0.6 is 24.0 Å². The lowest BCUT2D eigenvalue weighted by Crippen LogP contribution is -2.46. The van der Waals surface area contributed by atoms with Gasteiger partial charge in [-0.3, -0.25) is 19.4 Å². The lowest BCUT2D eigenvalue weighted by Gasteiger charge is -2.36. The van der Waals surface area contributed by atoms with Crippen LogP contribution in [-0.4, -0.2) is 60.9 Å². The summed E-state index contributed by atoms with van der Waals surface area (Å²) in [6.45, 7) is 5.40. The molecule has 1 fully saturated rings. The quantitative estimate of drug-likeness (QED) is 0.360. The highest BCUT2D eigenvalue weighted by molar-refractivity contribution is 6.30. The number of anilines is 1. The standard InChI is InChI=1S/C26H26ClN3O2.ClH/c27-20-8-5-9-21(18-20)29-16-14-28(15-17-29)12-1-2-13-30-25(31)22-10-3-6-19-7-4-11-23(24(19)22)26(30)32;/h3-11,18H,1-2,12-17H2;1H. The Labute approximate surface area is 205 Å². The van der Waals surface area contributed by atoms with Gasteiger partial charge in [-0.1, -0.05) is 41.9 Å². The lowest BCUT2D eigenvalue weighted by atomic mass is 9.94. The van der Waals surface area contributed by atoms with Crippen LogP contribution in [0.25, 0.3) is 10.8 Å². The number of nitrogens with zero attached hydrogens (tertiary/aromatic N) is 3. The summed E-state index contributed by atoms with van der Waals surface area (Å²) in [5.74, 6) is -0.344. The number of benzene rings is 3. The fourth-order valence-electron chi connectivity index (χ4n) is 4.79. The third-order valence-electron chi connectivity index (χ3n) is 6.51. The maximum atomic E-state index is 13.0. The number of carbonyl (C=O) groups is 2. The van der Waals surface area contributed by atoms with Crippen LogP contribution in [0, 0.1) is 0 Å².